The van der Waals surface area contributed by atoms with Gasteiger partial charge in [0.15, 0.2) is 0 Å². The number of aromatic nitrogens is 2. The second-order valence-corrected chi connectivity index (χ2v) is 3.20. The Kier molecular flexibility index (Phi) is 2.49. The monoisotopic (exact) mass is 201 g/mol. The second-order valence-electron chi connectivity index (χ2n) is 3.20. The first-order chi connectivity index (χ1) is 7.25. The van der Waals surface area contributed by atoms with E-state index in [4.69, 9.17) is 0 Å². The minimum absolute atomic E-state index is 0.182. The highest BCUT2D eigenvalue weighted by molar-refractivity contribution is 6.02. The average molecular weight is 201 g/mol. The van der Waals surface area contributed by atoms with Gasteiger partial charge in [-0.3, -0.25) is 4.79 Å². The van der Waals surface area contributed by atoms with E-state index >= 15 is 0 Å². The van der Waals surface area contributed by atoms with Crippen molar-refractivity contribution in [3.8, 4) is 0 Å². The van der Waals surface area contributed by atoms with Gasteiger partial charge in [0.05, 0.1) is 0 Å². The highest BCUT2D eigenvalue weighted by Gasteiger charge is 2.06. The van der Waals surface area contributed by atoms with Crippen LogP contribution in [-0.4, -0.2) is 15.9 Å². The summed E-state index contributed by atoms with van der Waals surface area (Å²) in [5.74, 6) is 0.382. The minimum Gasteiger partial charge on any atom is -0.357 e. The molecule has 0 aliphatic carbocycles. The van der Waals surface area contributed by atoms with E-state index < -0.39 is 0 Å². The number of pyridine rings is 1. The third-order valence-electron chi connectivity index (χ3n) is 1.97. The summed E-state index contributed by atoms with van der Waals surface area (Å²) in [6.07, 6.45) is 1.71. The molecule has 2 aromatic rings. The van der Waals surface area contributed by atoms with Crippen LogP contribution in [0, 0.1) is 6.92 Å². The molecule has 2 aromatic heterocycles. The Bertz CT molecular complexity index is 462. The lowest BCUT2D eigenvalue weighted by Crippen LogP contribution is -2.13. The smallest absolute Gasteiger partial charge is 0.273 e. The van der Waals surface area contributed by atoms with E-state index in [1.54, 1.807) is 24.4 Å². The van der Waals surface area contributed by atoms with Gasteiger partial charge in [-0.05, 0) is 31.2 Å². The van der Waals surface area contributed by atoms with Crippen molar-refractivity contribution < 1.29 is 4.79 Å². The minimum atomic E-state index is -0.182. The summed E-state index contributed by atoms with van der Waals surface area (Å²) in [7, 11) is 0. The molecule has 0 spiro atoms. The number of aryl methyl sites for hydroxylation is 1. The number of amides is 1. The Morgan fingerprint density at radius 3 is 2.87 bits per heavy atom. The number of hydrogen-bond acceptors (Lipinski definition) is 2. The maximum atomic E-state index is 11.6. The van der Waals surface area contributed by atoms with Crippen molar-refractivity contribution in [1.82, 2.24) is 9.97 Å². The molecule has 2 heterocycles. The van der Waals surface area contributed by atoms with E-state index in [1.807, 2.05) is 19.1 Å². The number of rotatable bonds is 2. The average Bonchev–Trinajstić information content (AvgIpc) is 2.70. The largest absolute Gasteiger partial charge is 0.357 e. The van der Waals surface area contributed by atoms with Gasteiger partial charge in [0, 0.05) is 11.9 Å². The van der Waals surface area contributed by atoms with Crippen LogP contribution in [0.2, 0.25) is 0 Å². The quantitative estimate of drug-likeness (QED) is 0.780. The normalized spacial score (nSPS) is 9.93. The lowest BCUT2D eigenvalue weighted by molar-refractivity contribution is 0.102. The Morgan fingerprint density at radius 1 is 1.33 bits per heavy atom. The summed E-state index contributed by atoms with van der Waals surface area (Å²) in [6, 6.07) is 8.98. The van der Waals surface area contributed by atoms with Gasteiger partial charge >= 0.3 is 0 Å². The molecule has 0 bridgehead atoms. The molecule has 2 rings (SSSR count). The maximum absolute atomic E-state index is 11.6. The molecule has 0 fully saturated rings. The van der Waals surface area contributed by atoms with Crippen LogP contribution in [0.25, 0.3) is 0 Å². The highest BCUT2D eigenvalue weighted by atomic mass is 16.1. The van der Waals surface area contributed by atoms with Gasteiger partial charge in [-0.25, -0.2) is 4.98 Å². The van der Waals surface area contributed by atoms with Crippen molar-refractivity contribution >= 4 is 11.7 Å². The summed E-state index contributed by atoms with van der Waals surface area (Å²) in [4.78, 5) is 18.6. The molecule has 0 unspecified atom stereocenters. The van der Waals surface area contributed by atoms with Gasteiger partial charge in [0.1, 0.15) is 11.5 Å². The van der Waals surface area contributed by atoms with Gasteiger partial charge < -0.3 is 10.3 Å². The van der Waals surface area contributed by atoms with Crippen molar-refractivity contribution in [3.05, 3.63) is 47.9 Å². The van der Waals surface area contributed by atoms with Crippen LogP contribution in [0.5, 0.6) is 0 Å². The van der Waals surface area contributed by atoms with Crippen LogP contribution < -0.4 is 5.32 Å². The number of H-pyrrole nitrogens is 1. The topological polar surface area (TPSA) is 57.8 Å². The van der Waals surface area contributed by atoms with E-state index in [0.717, 1.165) is 5.69 Å². The summed E-state index contributed by atoms with van der Waals surface area (Å²) < 4.78 is 0. The van der Waals surface area contributed by atoms with Crippen molar-refractivity contribution in [2.75, 3.05) is 5.32 Å². The molecule has 1 amide bonds. The van der Waals surface area contributed by atoms with Gasteiger partial charge in [-0.1, -0.05) is 6.07 Å². The van der Waals surface area contributed by atoms with Crippen molar-refractivity contribution in [2.45, 2.75) is 6.92 Å². The summed E-state index contributed by atoms with van der Waals surface area (Å²) >= 11 is 0. The molecule has 2 N–H and O–H groups in total. The zero-order chi connectivity index (χ0) is 10.7. The fourth-order valence-electron chi connectivity index (χ4n) is 1.27. The third-order valence-corrected chi connectivity index (χ3v) is 1.97. The molecular formula is C11H11N3O. The Labute approximate surface area is 87.4 Å². The number of aromatic amines is 1. The predicted octanol–water partition coefficient (Wildman–Crippen LogP) is 1.97. The van der Waals surface area contributed by atoms with Crippen LogP contribution in [-0.2, 0) is 0 Å². The fourth-order valence-corrected chi connectivity index (χ4v) is 1.27. The van der Waals surface area contributed by atoms with Gasteiger partial charge in [0.25, 0.3) is 5.91 Å². The molecule has 0 aliphatic heterocycles. The van der Waals surface area contributed by atoms with Gasteiger partial charge in [0.2, 0.25) is 0 Å². The van der Waals surface area contributed by atoms with Gasteiger partial charge in [-0.15, -0.1) is 0 Å². The SMILES string of the molecule is Cc1cccc(NC(=O)c2ccc[nH]2)n1. The van der Waals surface area contributed by atoms with Crippen LogP contribution in [0.1, 0.15) is 16.2 Å². The number of carbonyl (C=O) groups is 1. The number of nitrogens with zero attached hydrogens (tertiary/aromatic N) is 1. The van der Waals surface area contributed by atoms with Crippen LogP contribution in [0.3, 0.4) is 0 Å². The molecule has 4 heteroatoms. The third kappa shape index (κ3) is 2.22. The number of hydrogen-bond donors (Lipinski definition) is 2. The molecular weight excluding hydrogens is 190 g/mol. The molecule has 0 atom stereocenters. The van der Waals surface area contributed by atoms with E-state index in [9.17, 15) is 4.79 Å². The molecule has 4 nitrogen and oxygen atoms in total. The fraction of sp³-hybridized carbons (Fsp3) is 0.0909. The van der Waals surface area contributed by atoms with Crippen molar-refractivity contribution in [1.29, 1.82) is 0 Å². The lowest BCUT2D eigenvalue weighted by Gasteiger charge is -2.02. The summed E-state index contributed by atoms with van der Waals surface area (Å²) in [5, 5.41) is 2.70. The summed E-state index contributed by atoms with van der Waals surface area (Å²) in [5.41, 5.74) is 1.40. The van der Waals surface area contributed by atoms with Crippen molar-refractivity contribution in [2.24, 2.45) is 0 Å². The first-order valence-corrected chi connectivity index (χ1v) is 4.64. The van der Waals surface area contributed by atoms with Crippen LogP contribution in [0.15, 0.2) is 36.5 Å². The number of nitrogens with one attached hydrogen (secondary N) is 2. The van der Waals surface area contributed by atoms with E-state index in [0.29, 0.717) is 11.5 Å². The van der Waals surface area contributed by atoms with Gasteiger partial charge in [-0.2, -0.15) is 0 Å². The number of carbonyl (C=O) groups excluding carboxylic acids is 1. The second kappa shape index (κ2) is 3.96. The maximum Gasteiger partial charge on any atom is 0.273 e. The standard InChI is InChI=1S/C11H11N3O/c1-8-4-2-6-10(13-8)14-11(15)9-5-3-7-12-9/h2-7,12H,1H3,(H,13,14,15). The molecule has 0 aliphatic rings. The van der Waals surface area contributed by atoms with E-state index in [2.05, 4.69) is 15.3 Å². The van der Waals surface area contributed by atoms with Crippen molar-refractivity contribution in [3.63, 3.8) is 0 Å². The number of anilines is 1. The van der Waals surface area contributed by atoms with E-state index in [1.165, 1.54) is 0 Å². The summed E-state index contributed by atoms with van der Waals surface area (Å²) in [6.45, 7) is 1.88. The molecule has 0 saturated carbocycles. The predicted molar refractivity (Wildman–Crippen MR) is 57.7 cm³/mol. The zero-order valence-corrected chi connectivity index (χ0v) is 8.32. The molecule has 76 valence electrons. The Hall–Kier alpha value is -2.10. The Morgan fingerprint density at radius 2 is 2.20 bits per heavy atom. The zero-order valence-electron chi connectivity index (χ0n) is 8.32. The first kappa shape index (κ1) is 9.45. The molecule has 0 saturated heterocycles. The molecule has 0 radical (unpaired) electrons. The molecule has 15 heavy (non-hydrogen) atoms. The Balaban J connectivity index is 2.13. The lowest BCUT2D eigenvalue weighted by atomic mass is 10.3. The van der Waals surface area contributed by atoms with Crippen LogP contribution >= 0.6 is 0 Å². The molecule has 0 aromatic carbocycles. The highest BCUT2D eigenvalue weighted by Crippen LogP contribution is 2.05. The van der Waals surface area contributed by atoms with E-state index in [-0.39, 0.29) is 5.91 Å². The van der Waals surface area contributed by atoms with Crippen LogP contribution in [0.4, 0.5) is 5.82 Å². The first-order valence-electron chi connectivity index (χ1n) is 4.64.